The quantitative estimate of drug-likeness (QED) is 0.495. The summed E-state index contributed by atoms with van der Waals surface area (Å²) in [4.78, 5) is 18.2. The van der Waals surface area contributed by atoms with Gasteiger partial charge in [-0.1, -0.05) is 48.5 Å². The Morgan fingerprint density at radius 1 is 1.07 bits per heavy atom. The van der Waals surface area contributed by atoms with Gasteiger partial charge in [0.25, 0.3) is 0 Å². The van der Waals surface area contributed by atoms with Gasteiger partial charge in [0.15, 0.2) is 0 Å². The molecule has 1 saturated heterocycles. The van der Waals surface area contributed by atoms with Crippen LogP contribution in [0.1, 0.15) is 24.3 Å². The number of carbonyl (C=O) groups is 1. The summed E-state index contributed by atoms with van der Waals surface area (Å²) < 4.78 is 11.5. The van der Waals surface area contributed by atoms with E-state index in [0.717, 1.165) is 54.2 Å². The van der Waals surface area contributed by atoms with Gasteiger partial charge in [-0.25, -0.2) is 9.78 Å². The zero-order valence-electron chi connectivity index (χ0n) is 16.9. The summed E-state index contributed by atoms with van der Waals surface area (Å²) in [6.07, 6.45) is 4.44. The summed E-state index contributed by atoms with van der Waals surface area (Å²) in [6, 6.07) is 18.5. The smallest absolute Gasteiger partial charge is 0.410 e. The molecule has 0 atom stereocenters. The van der Waals surface area contributed by atoms with Crippen molar-refractivity contribution in [3.05, 3.63) is 71.2 Å². The number of hydrogen-bond donors (Lipinski definition) is 0. The second-order valence-corrected chi connectivity index (χ2v) is 8.39. The van der Waals surface area contributed by atoms with Gasteiger partial charge in [-0.3, -0.25) is 0 Å². The first-order valence-electron chi connectivity index (χ1n) is 10.4. The molecule has 0 spiro atoms. The van der Waals surface area contributed by atoms with E-state index in [1.807, 2.05) is 41.8 Å². The van der Waals surface area contributed by atoms with Crippen molar-refractivity contribution < 1.29 is 14.3 Å². The minimum absolute atomic E-state index is 0.239. The molecule has 6 heteroatoms. The SMILES string of the molecule is O=C(OCc1nccs1)N1CCC(CCOc2ccccc2-c2ccccc2)CC1. The normalized spacial score (nSPS) is 14.5. The van der Waals surface area contributed by atoms with Crippen LogP contribution in [0.15, 0.2) is 66.2 Å². The molecule has 0 unspecified atom stereocenters. The second kappa shape index (κ2) is 10.3. The van der Waals surface area contributed by atoms with E-state index in [1.165, 1.54) is 11.3 Å². The lowest BCUT2D eigenvalue weighted by Crippen LogP contribution is -2.39. The Bertz CT molecular complexity index is 923. The van der Waals surface area contributed by atoms with Crippen molar-refractivity contribution in [1.29, 1.82) is 0 Å². The molecular weight excluding hydrogens is 396 g/mol. The maximum absolute atomic E-state index is 12.2. The molecule has 0 N–H and O–H groups in total. The minimum Gasteiger partial charge on any atom is -0.493 e. The van der Waals surface area contributed by atoms with Crippen molar-refractivity contribution in [3.63, 3.8) is 0 Å². The van der Waals surface area contributed by atoms with E-state index in [4.69, 9.17) is 9.47 Å². The molecule has 0 radical (unpaired) electrons. The van der Waals surface area contributed by atoms with Gasteiger partial charge in [0.05, 0.1) is 6.61 Å². The average Bonchev–Trinajstić information content (AvgIpc) is 3.33. The van der Waals surface area contributed by atoms with Crippen molar-refractivity contribution in [2.45, 2.75) is 25.9 Å². The molecule has 0 aliphatic carbocycles. The first-order valence-corrected chi connectivity index (χ1v) is 11.2. The number of nitrogens with zero attached hydrogens (tertiary/aromatic N) is 2. The Morgan fingerprint density at radius 3 is 2.60 bits per heavy atom. The van der Waals surface area contributed by atoms with E-state index in [0.29, 0.717) is 12.5 Å². The molecule has 1 aromatic heterocycles. The molecule has 2 heterocycles. The zero-order valence-corrected chi connectivity index (χ0v) is 17.7. The van der Waals surface area contributed by atoms with E-state index >= 15 is 0 Å². The standard InChI is InChI=1S/C24H26N2O3S/c27-24(29-18-23-25-13-17-30-23)26-14-10-19(11-15-26)12-16-28-22-9-5-4-8-21(22)20-6-2-1-3-7-20/h1-9,13,17,19H,10-12,14-16,18H2. The Kier molecular flexibility index (Phi) is 6.98. The highest BCUT2D eigenvalue weighted by Gasteiger charge is 2.24. The first kappa shape index (κ1) is 20.4. The molecule has 4 rings (SSSR count). The van der Waals surface area contributed by atoms with Crippen molar-refractivity contribution in [1.82, 2.24) is 9.88 Å². The number of likely N-dealkylation sites (tertiary alicyclic amines) is 1. The predicted molar refractivity (Wildman–Crippen MR) is 119 cm³/mol. The third kappa shape index (κ3) is 5.39. The Hall–Kier alpha value is -2.86. The molecule has 1 amide bonds. The highest BCUT2D eigenvalue weighted by atomic mass is 32.1. The number of amides is 1. The summed E-state index contributed by atoms with van der Waals surface area (Å²) >= 11 is 1.50. The lowest BCUT2D eigenvalue weighted by Gasteiger charge is -2.31. The van der Waals surface area contributed by atoms with E-state index in [9.17, 15) is 4.79 Å². The van der Waals surface area contributed by atoms with Crippen LogP contribution in [0.5, 0.6) is 5.75 Å². The van der Waals surface area contributed by atoms with E-state index in [1.54, 1.807) is 11.1 Å². The Morgan fingerprint density at radius 2 is 1.83 bits per heavy atom. The fraction of sp³-hybridized carbons (Fsp3) is 0.333. The summed E-state index contributed by atoms with van der Waals surface area (Å²) in [6.45, 7) is 2.41. The molecule has 3 aromatic rings. The molecule has 1 aliphatic heterocycles. The maximum atomic E-state index is 12.2. The highest BCUT2D eigenvalue weighted by molar-refractivity contribution is 7.09. The first-order chi connectivity index (χ1) is 14.8. The lowest BCUT2D eigenvalue weighted by atomic mass is 9.94. The van der Waals surface area contributed by atoms with Gasteiger partial charge >= 0.3 is 6.09 Å². The fourth-order valence-electron chi connectivity index (χ4n) is 3.73. The lowest BCUT2D eigenvalue weighted by molar-refractivity contribution is 0.0799. The Balaban J connectivity index is 1.21. The number of rotatable bonds is 7. The minimum atomic E-state index is -0.239. The van der Waals surface area contributed by atoms with E-state index in [-0.39, 0.29) is 12.7 Å². The number of para-hydroxylation sites is 1. The summed E-state index contributed by atoms with van der Waals surface area (Å²) in [5, 5.41) is 2.71. The zero-order chi connectivity index (χ0) is 20.6. The largest absolute Gasteiger partial charge is 0.493 e. The topological polar surface area (TPSA) is 51.7 Å². The highest BCUT2D eigenvalue weighted by Crippen LogP contribution is 2.30. The number of carbonyl (C=O) groups excluding carboxylic acids is 1. The van der Waals surface area contributed by atoms with Crippen LogP contribution in [0, 0.1) is 5.92 Å². The molecule has 30 heavy (non-hydrogen) atoms. The van der Waals surface area contributed by atoms with Crippen molar-refractivity contribution >= 4 is 17.4 Å². The number of benzene rings is 2. The van der Waals surface area contributed by atoms with E-state index in [2.05, 4.69) is 23.2 Å². The van der Waals surface area contributed by atoms with Gasteiger partial charge in [-0.15, -0.1) is 11.3 Å². The maximum Gasteiger partial charge on any atom is 0.410 e. The van der Waals surface area contributed by atoms with Crippen LogP contribution < -0.4 is 4.74 Å². The second-order valence-electron chi connectivity index (χ2n) is 7.41. The summed E-state index contributed by atoms with van der Waals surface area (Å²) in [7, 11) is 0. The number of thiazole rings is 1. The Labute approximate surface area is 181 Å². The van der Waals surface area contributed by atoms with Crippen LogP contribution >= 0.6 is 11.3 Å². The molecule has 0 bridgehead atoms. The molecule has 1 fully saturated rings. The number of piperidine rings is 1. The van der Waals surface area contributed by atoms with Gasteiger partial charge < -0.3 is 14.4 Å². The summed E-state index contributed by atoms with van der Waals surface area (Å²) in [5.41, 5.74) is 2.29. The van der Waals surface area contributed by atoms with Crippen LogP contribution in [0.2, 0.25) is 0 Å². The van der Waals surface area contributed by atoms with Crippen LogP contribution in [0.4, 0.5) is 4.79 Å². The van der Waals surface area contributed by atoms with E-state index < -0.39 is 0 Å². The molecule has 156 valence electrons. The van der Waals surface area contributed by atoms with Gasteiger partial charge in [0.1, 0.15) is 17.4 Å². The van der Waals surface area contributed by atoms with Crippen molar-refractivity contribution in [3.8, 4) is 16.9 Å². The molecule has 1 aliphatic rings. The molecular formula is C24H26N2O3S. The third-order valence-electron chi connectivity index (χ3n) is 5.43. The van der Waals surface area contributed by atoms with Crippen LogP contribution in [0.25, 0.3) is 11.1 Å². The van der Waals surface area contributed by atoms with Gasteiger partial charge in [0, 0.05) is 30.2 Å². The fourth-order valence-corrected chi connectivity index (χ4v) is 4.25. The third-order valence-corrected chi connectivity index (χ3v) is 6.18. The number of aromatic nitrogens is 1. The molecule has 2 aromatic carbocycles. The van der Waals surface area contributed by atoms with Gasteiger partial charge in [-0.2, -0.15) is 0 Å². The molecule has 0 saturated carbocycles. The van der Waals surface area contributed by atoms with Crippen LogP contribution in [-0.2, 0) is 11.3 Å². The molecule has 5 nitrogen and oxygen atoms in total. The predicted octanol–water partition coefficient (Wildman–Crippen LogP) is 5.63. The number of ether oxygens (including phenoxy) is 2. The monoisotopic (exact) mass is 422 g/mol. The average molecular weight is 423 g/mol. The van der Waals surface area contributed by atoms with Crippen LogP contribution in [0.3, 0.4) is 0 Å². The van der Waals surface area contributed by atoms with Crippen molar-refractivity contribution in [2.75, 3.05) is 19.7 Å². The van der Waals surface area contributed by atoms with Crippen LogP contribution in [-0.4, -0.2) is 35.7 Å². The van der Waals surface area contributed by atoms with Gasteiger partial charge in [0.2, 0.25) is 0 Å². The van der Waals surface area contributed by atoms with Crippen molar-refractivity contribution in [2.24, 2.45) is 5.92 Å². The summed E-state index contributed by atoms with van der Waals surface area (Å²) in [5.74, 6) is 1.49. The number of hydrogen-bond acceptors (Lipinski definition) is 5. The van der Waals surface area contributed by atoms with Gasteiger partial charge in [-0.05, 0) is 36.8 Å².